The van der Waals surface area contributed by atoms with Crippen LogP contribution in [0.5, 0.6) is 11.5 Å². The molecule has 7 nitrogen and oxygen atoms in total. The lowest BCUT2D eigenvalue weighted by molar-refractivity contribution is 0.0989. The summed E-state index contributed by atoms with van der Waals surface area (Å²) in [6, 6.07) is 18.0. The first-order chi connectivity index (χ1) is 15.0. The molecule has 0 saturated heterocycles. The largest absolute Gasteiger partial charge is 0.454 e. The zero-order valence-corrected chi connectivity index (χ0v) is 16.9. The van der Waals surface area contributed by atoms with Crippen LogP contribution in [0, 0.1) is 6.92 Å². The Bertz CT molecular complexity index is 1370. The molecule has 2 heterocycles. The van der Waals surface area contributed by atoms with Gasteiger partial charge in [0, 0.05) is 12.7 Å². The normalized spacial score (nSPS) is 12.6. The number of ether oxygens (including phenoxy) is 1. The minimum atomic E-state index is -0.410. The van der Waals surface area contributed by atoms with Crippen LogP contribution in [-0.4, -0.2) is 28.8 Å². The number of rotatable bonds is 2. The summed E-state index contributed by atoms with van der Waals surface area (Å²) in [6.07, 6.45) is 1.43. The number of para-hydroxylation sites is 2. The van der Waals surface area contributed by atoms with Crippen LogP contribution < -0.4 is 15.0 Å². The molecule has 5 rings (SSSR count). The third-order valence-electron chi connectivity index (χ3n) is 5.15. The molecule has 0 aliphatic carbocycles. The van der Waals surface area contributed by atoms with Gasteiger partial charge in [-0.05, 0) is 55.0 Å². The maximum absolute atomic E-state index is 13.1. The van der Waals surface area contributed by atoms with Gasteiger partial charge in [-0.2, -0.15) is 0 Å². The number of hydrogen-bond acceptors (Lipinski definition) is 5. The molecule has 1 aromatic heterocycles. The zero-order chi connectivity index (χ0) is 21.5. The van der Waals surface area contributed by atoms with E-state index in [1.165, 1.54) is 6.20 Å². The van der Waals surface area contributed by atoms with Gasteiger partial charge in [0.2, 0.25) is 0 Å². The zero-order valence-electron chi connectivity index (χ0n) is 16.9. The molecule has 4 aromatic rings. The van der Waals surface area contributed by atoms with Gasteiger partial charge in [0.25, 0.3) is 11.8 Å². The van der Waals surface area contributed by atoms with Crippen LogP contribution in [0.15, 0.2) is 66.9 Å². The summed E-state index contributed by atoms with van der Waals surface area (Å²) in [5, 5.41) is 2.79. The molecule has 7 heteroatoms. The lowest BCUT2D eigenvalue weighted by atomic mass is 10.1. The average Bonchev–Trinajstić information content (AvgIpc) is 2.88. The van der Waals surface area contributed by atoms with E-state index in [0.29, 0.717) is 39.5 Å². The van der Waals surface area contributed by atoms with Crippen LogP contribution in [0.1, 0.15) is 26.4 Å². The van der Waals surface area contributed by atoms with E-state index in [-0.39, 0.29) is 11.6 Å². The van der Waals surface area contributed by atoms with Gasteiger partial charge in [-0.15, -0.1) is 0 Å². The Morgan fingerprint density at radius 1 is 1.00 bits per heavy atom. The second-order valence-electron chi connectivity index (χ2n) is 7.35. The minimum Gasteiger partial charge on any atom is -0.454 e. The van der Waals surface area contributed by atoms with Crippen LogP contribution in [0.25, 0.3) is 11.0 Å². The van der Waals surface area contributed by atoms with Gasteiger partial charge in [-0.3, -0.25) is 14.6 Å². The summed E-state index contributed by atoms with van der Waals surface area (Å²) >= 11 is 0. The fourth-order valence-corrected chi connectivity index (χ4v) is 3.51. The van der Waals surface area contributed by atoms with Crippen molar-refractivity contribution in [2.45, 2.75) is 6.92 Å². The van der Waals surface area contributed by atoms with Gasteiger partial charge in [-0.1, -0.05) is 18.2 Å². The first kappa shape index (κ1) is 18.7. The van der Waals surface area contributed by atoms with Crippen molar-refractivity contribution >= 4 is 34.2 Å². The first-order valence-electron chi connectivity index (χ1n) is 9.73. The Morgan fingerprint density at radius 3 is 2.61 bits per heavy atom. The van der Waals surface area contributed by atoms with Crippen LogP contribution in [0.3, 0.4) is 0 Å². The minimum absolute atomic E-state index is 0.191. The van der Waals surface area contributed by atoms with Gasteiger partial charge in [0.1, 0.15) is 11.4 Å². The van der Waals surface area contributed by atoms with Crippen molar-refractivity contribution in [2.24, 2.45) is 0 Å². The second-order valence-corrected chi connectivity index (χ2v) is 7.35. The molecule has 3 aromatic carbocycles. The fourth-order valence-electron chi connectivity index (χ4n) is 3.51. The number of fused-ring (bicyclic) bond motifs is 3. The molecule has 2 amide bonds. The molecule has 152 valence electrons. The lowest BCUT2D eigenvalue weighted by Crippen LogP contribution is -2.25. The van der Waals surface area contributed by atoms with Crippen molar-refractivity contribution in [1.29, 1.82) is 0 Å². The number of aryl methyl sites for hydroxylation is 1. The van der Waals surface area contributed by atoms with E-state index in [1.807, 2.05) is 43.3 Å². The van der Waals surface area contributed by atoms with Crippen molar-refractivity contribution in [1.82, 2.24) is 9.97 Å². The van der Waals surface area contributed by atoms with Crippen molar-refractivity contribution < 1.29 is 14.3 Å². The molecule has 0 saturated carbocycles. The molecule has 0 spiro atoms. The summed E-state index contributed by atoms with van der Waals surface area (Å²) < 4.78 is 5.99. The van der Waals surface area contributed by atoms with Gasteiger partial charge in [0.05, 0.1) is 28.5 Å². The van der Waals surface area contributed by atoms with E-state index in [4.69, 9.17) is 4.74 Å². The van der Waals surface area contributed by atoms with Crippen molar-refractivity contribution in [3.63, 3.8) is 0 Å². The third-order valence-corrected chi connectivity index (χ3v) is 5.15. The lowest BCUT2D eigenvalue weighted by Gasteiger charge is -2.16. The molecular weight excluding hydrogens is 392 g/mol. The smallest absolute Gasteiger partial charge is 0.275 e. The summed E-state index contributed by atoms with van der Waals surface area (Å²) in [5.41, 5.74) is 4.08. The maximum atomic E-state index is 13.1. The molecule has 0 fully saturated rings. The Morgan fingerprint density at radius 2 is 1.77 bits per heavy atom. The number of nitrogens with one attached hydrogen (secondary N) is 1. The number of amides is 2. The van der Waals surface area contributed by atoms with Crippen molar-refractivity contribution in [3.05, 3.63) is 83.7 Å². The van der Waals surface area contributed by atoms with Gasteiger partial charge in [-0.25, -0.2) is 4.98 Å². The van der Waals surface area contributed by atoms with Gasteiger partial charge >= 0.3 is 0 Å². The number of hydrogen-bond donors (Lipinski definition) is 1. The Kier molecular flexibility index (Phi) is 4.36. The van der Waals surface area contributed by atoms with Gasteiger partial charge < -0.3 is 15.0 Å². The van der Waals surface area contributed by atoms with Crippen LogP contribution in [0.4, 0.5) is 11.4 Å². The third kappa shape index (κ3) is 3.36. The number of anilines is 2. The number of benzene rings is 3. The molecule has 0 bridgehead atoms. The Labute approximate surface area is 178 Å². The molecule has 31 heavy (non-hydrogen) atoms. The Hall–Kier alpha value is -4.26. The molecule has 1 aliphatic rings. The standard InChI is InChI=1S/C24H18N4O3/c1-14-7-9-22-20(11-14)28(2)24(30)16-12-15(8-10-21(16)31-22)26-23(29)19-13-25-17-5-3-4-6-18(17)27-19/h3-13H,1-2H3,(H,26,29). The first-order valence-corrected chi connectivity index (χ1v) is 9.73. The van der Waals surface area contributed by atoms with E-state index in [2.05, 4.69) is 15.3 Å². The van der Waals surface area contributed by atoms with Gasteiger partial charge in [0.15, 0.2) is 5.75 Å². The summed E-state index contributed by atoms with van der Waals surface area (Å²) in [6.45, 7) is 1.96. The number of carbonyl (C=O) groups is 2. The second kappa shape index (κ2) is 7.21. The van der Waals surface area contributed by atoms with Crippen LogP contribution in [0.2, 0.25) is 0 Å². The highest BCUT2D eigenvalue weighted by molar-refractivity contribution is 6.11. The number of carbonyl (C=O) groups excluding carboxylic acids is 2. The maximum Gasteiger partial charge on any atom is 0.275 e. The summed E-state index contributed by atoms with van der Waals surface area (Å²) in [4.78, 5) is 36.0. The highest BCUT2D eigenvalue weighted by atomic mass is 16.5. The van der Waals surface area contributed by atoms with E-state index in [1.54, 1.807) is 36.2 Å². The van der Waals surface area contributed by atoms with Crippen LogP contribution in [-0.2, 0) is 0 Å². The highest BCUT2D eigenvalue weighted by Gasteiger charge is 2.26. The Balaban J connectivity index is 1.45. The number of nitrogens with zero attached hydrogens (tertiary/aromatic N) is 3. The predicted molar refractivity (Wildman–Crippen MR) is 118 cm³/mol. The predicted octanol–water partition coefficient (Wildman–Crippen LogP) is 4.57. The SMILES string of the molecule is Cc1ccc2c(c1)N(C)C(=O)c1cc(NC(=O)c3cnc4ccccc4n3)ccc1O2. The van der Waals surface area contributed by atoms with E-state index in [9.17, 15) is 9.59 Å². The molecule has 1 aliphatic heterocycles. The highest BCUT2D eigenvalue weighted by Crippen LogP contribution is 2.39. The quantitative estimate of drug-likeness (QED) is 0.523. The average molecular weight is 410 g/mol. The van der Waals surface area contributed by atoms with E-state index in [0.717, 1.165) is 5.56 Å². The van der Waals surface area contributed by atoms with E-state index < -0.39 is 5.91 Å². The topological polar surface area (TPSA) is 84.4 Å². The molecule has 1 N–H and O–H groups in total. The molecular formula is C24H18N4O3. The molecule has 0 unspecified atom stereocenters. The van der Waals surface area contributed by atoms with Crippen molar-refractivity contribution in [3.8, 4) is 11.5 Å². The fraction of sp³-hybridized carbons (Fsp3) is 0.0833. The molecule has 0 atom stereocenters. The molecule has 0 radical (unpaired) electrons. The summed E-state index contributed by atoms with van der Waals surface area (Å²) in [7, 11) is 1.70. The van der Waals surface area contributed by atoms with E-state index >= 15 is 0 Å². The van der Waals surface area contributed by atoms with Crippen LogP contribution >= 0.6 is 0 Å². The number of aromatic nitrogens is 2. The van der Waals surface area contributed by atoms with Crippen molar-refractivity contribution in [2.75, 3.05) is 17.3 Å². The summed E-state index contributed by atoms with van der Waals surface area (Å²) in [5.74, 6) is 0.403. The monoisotopic (exact) mass is 410 g/mol.